The van der Waals surface area contributed by atoms with Crippen LogP contribution in [0.3, 0.4) is 0 Å². The fourth-order valence-corrected chi connectivity index (χ4v) is 5.10. The summed E-state index contributed by atoms with van der Waals surface area (Å²) in [4.78, 5) is 30.1. The van der Waals surface area contributed by atoms with Crippen LogP contribution < -0.4 is 20.7 Å². The van der Waals surface area contributed by atoms with E-state index in [9.17, 15) is 9.59 Å². The standard InChI is InChI=1S/C21H26N4O2S/c26-20(22-23-21(27)19-15-16-5-4-8-18(16)28-19)9-10-24-11-13-25(14-12-24)17-6-2-1-3-7-17/h1-3,6-7,15H,4-5,8-14H2,(H,22,26)(H,23,27)/p+1. The molecule has 28 heavy (non-hydrogen) atoms. The van der Waals surface area contributed by atoms with Crippen molar-refractivity contribution in [1.29, 1.82) is 0 Å². The topological polar surface area (TPSA) is 65.9 Å². The van der Waals surface area contributed by atoms with Crippen LogP contribution in [0.15, 0.2) is 36.4 Å². The average molecular weight is 400 g/mol. The number of thiophene rings is 1. The number of nitrogens with zero attached hydrogens (tertiary/aromatic N) is 1. The van der Waals surface area contributed by atoms with Gasteiger partial charge in [-0.25, -0.2) is 0 Å². The van der Waals surface area contributed by atoms with E-state index in [1.165, 1.54) is 27.4 Å². The van der Waals surface area contributed by atoms with Crippen molar-refractivity contribution in [2.75, 3.05) is 37.6 Å². The minimum atomic E-state index is -0.212. The third-order valence-corrected chi connectivity index (χ3v) is 6.82. The molecule has 0 atom stereocenters. The largest absolute Gasteiger partial charge is 0.360 e. The summed E-state index contributed by atoms with van der Waals surface area (Å²) in [5, 5.41) is 0. The van der Waals surface area contributed by atoms with Crippen LogP contribution in [-0.4, -0.2) is 44.5 Å². The van der Waals surface area contributed by atoms with Gasteiger partial charge in [0, 0.05) is 10.6 Å². The molecule has 0 bridgehead atoms. The smallest absolute Gasteiger partial charge is 0.279 e. The lowest BCUT2D eigenvalue weighted by Crippen LogP contribution is -3.15. The number of amides is 2. The number of aryl methyl sites for hydroxylation is 2. The summed E-state index contributed by atoms with van der Waals surface area (Å²) in [6.45, 7) is 4.84. The normalized spacial score (nSPS) is 16.6. The molecule has 0 spiro atoms. The first kappa shape index (κ1) is 19.0. The number of quaternary nitrogens is 1. The maximum absolute atomic E-state index is 12.2. The van der Waals surface area contributed by atoms with Crippen LogP contribution >= 0.6 is 11.3 Å². The predicted octanol–water partition coefficient (Wildman–Crippen LogP) is 0.793. The summed E-state index contributed by atoms with van der Waals surface area (Å²) < 4.78 is 0. The van der Waals surface area contributed by atoms with E-state index in [1.54, 1.807) is 11.3 Å². The molecule has 0 unspecified atom stereocenters. The van der Waals surface area contributed by atoms with E-state index in [-0.39, 0.29) is 11.8 Å². The molecular weight excluding hydrogens is 372 g/mol. The highest BCUT2D eigenvalue weighted by Gasteiger charge is 2.21. The predicted molar refractivity (Wildman–Crippen MR) is 111 cm³/mol. The zero-order valence-electron chi connectivity index (χ0n) is 16.0. The Kier molecular flexibility index (Phi) is 5.92. The van der Waals surface area contributed by atoms with E-state index in [4.69, 9.17) is 0 Å². The summed E-state index contributed by atoms with van der Waals surface area (Å²) in [7, 11) is 0. The van der Waals surface area contributed by atoms with Gasteiger partial charge in [-0.1, -0.05) is 18.2 Å². The summed E-state index contributed by atoms with van der Waals surface area (Å²) in [6.07, 6.45) is 3.73. The second kappa shape index (κ2) is 8.75. The van der Waals surface area contributed by atoms with Gasteiger partial charge in [0.15, 0.2) is 0 Å². The molecule has 2 heterocycles. The van der Waals surface area contributed by atoms with Crippen LogP contribution in [0.4, 0.5) is 5.69 Å². The van der Waals surface area contributed by atoms with Gasteiger partial charge in [0.1, 0.15) is 0 Å². The van der Waals surface area contributed by atoms with Crippen LogP contribution in [-0.2, 0) is 17.6 Å². The molecule has 0 radical (unpaired) electrons. The first-order chi connectivity index (χ1) is 13.7. The molecule has 0 saturated carbocycles. The number of carbonyl (C=O) groups excluding carboxylic acids is 2. The quantitative estimate of drug-likeness (QED) is 0.652. The molecule has 1 aromatic heterocycles. The summed E-state index contributed by atoms with van der Waals surface area (Å²) in [6, 6.07) is 12.4. The lowest BCUT2D eigenvalue weighted by atomic mass is 10.2. The molecule has 2 aliphatic rings. The Morgan fingerprint density at radius 1 is 1.07 bits per heavy atom. The molecule has 2 amide bonds. The summed E-state index contributed by atoms with van der Waals surface area (Å²) >= 11 is 1.54. The molecule has 1 aliphatic heterocycles. The number of piperazine rings is 1. The summed E-state index contributed by atoms with van der Waals surface area (Å²) in [5.74, 6) is -0.341. The van der Waals surface area contributed by atoms with E-state index in [1.807, 2.05) is 12.1 Å². The van der Waals surface area contributed by atoms with Gasteiger partial charge in [0.2, 0.25) is 5.91 Å². The maximum atomic E-state index is 12.2. The third-order valence-electron chi connectivity index (χ3n) is 5.58. The van der Waals surface area contributed by atoms with Crippen LogP contribution in [0, 0.1) is 0 Å². The third kappa shape index (κ3) is 4.54. The minimum absolute atomic E-state index is 0.129. The van der Waals surface area contributed by atoms with Gasteiger partial charge in [0.05, 0.1) is 44.0 Å². The van der Waals surface area contributed by atoms with Crippen molar-refractivity contribution in [2.24, 2.45) is 0 Å². The van der Waals surface area contributed by atoms with Crippen LogP contribution in [0.2, 0.25) is 0 Å². The fourth-order valence-electron chi connectivity index (χ4n) is 3.95. The highest BCUT2D eigenvalue weighted by molar-refractivity contribution is 7.14. The number of benzene rings is 1. The molecule has 148 valence electrons. The van der Waals surface area contributed by atoms with Gasteiger partial charge < -0.3 is 9.80 Å². The minimum Gasteiger partial charge on any atom is -0.360 e. The Morgan fingerprint density at radius 2 is 1.86 bits per heavy atom. The second-order valence-corrected chi connectivity index (χ2v) is 8.62. The van der Waals surface area contributed by atoms with Crippen molar-refractivity contribution in [1.82, 2.24) is 10.9 Å². The number of hydrogen-bond donors (Lipinski definition) is 3. The van der Waals surface area contributed by atoms with Crippen molar-refractivity contribution in [3.63, 3.8) is 0 Å². The maximum Gasteiger partial charge on any atom is 0.279 e. The molecule has 1 fully saturated rings. The van der Waals surface area contributed by atoms with Crippen molar-refractivity contribution in [2.45, 2.75) is 25.7 Å². The average Bonchev–Trinajstić information content (AvgIpc) is 3.34. The van der Waals surface area contributed by atoms with Crippen LogP contribution in [0.25, 0.3) is 0 Å². The van der Waals surface area contributed by atoms with Crippen LogP contribution in [0.1, 0.15) is 33.0 Å². The van der Waals surface area contributed by atoms with Crippen molar-refractivity contribution >= 4 is 28.8 Å². The van der Waals surface area contributed by atoms with Gasteiger partial charge in [-0.2, -0.15) is 0 Å². The molecular formula is C21H27N4O2S+. The SMILES string of the molecule is O=C(CC[NH+]1CCN(c2ccccc2)CC1)NNC(=O)c1cc2c(s1)CCC2. The molecule has 1 saturated heterocycles. The fraction of sp³-hybridized carbons (Fsp3) is 0.429. The van der Waals surface area contributed by atoms with E-state index >= 15 is 0 Å². The lowest BCUT2D eigenvalue weighted by Gasteiger charge is -2.33. The number of nitrogens with one attached hydrogen (secondary N) is 3. The van der Waals surface area contributed by atoms with E-state index in [2.05, 4.69) is 40.0 Å². The first-order valence-corrected chi connectivity index (χ1v) is 10.8. The number of para-hydroxylation sites is 1. The van der Waals surface area contributed by atoms with Gasteiger partial charge in [-0.05, 0) is 43.0 Å². The molecule has 3 N–H and O–H groups in total. The van der Waals surface area contributed by atoms with E-state index in [0.717, 1.165) is 45.6 Å². The Hall–Kier alpha value is -2.38. The Morgan fingerprint density at radius 3 is 2.61 bits per heavy atom. The highest BCUT2D eigenvalue weighted by atomic mass is 32.1. The Bertz CT molecular complexity index is 807. The number of fused-ring (bicyclic) bond motifs is 1. The second-order valence-electron chi connectivity index (χ2n) is 7.49. The van der Waals surface area contributed by atoms with Crippen molar-refractivity contribution in [3.05, 3.63) is 51.7 Å². The molecule has 4 rings (SSSR count). The lowest BCUT2D eigenvalue weighted by molar-refractivity contribution is -0.900. The van der Waals surface area contributed by atoms with Gasteiger partial charge in [0.25, 0.3) is 5.91 Å². The highest BCUT2D eigenvalue weighted by Crippen LogP contribution is 2.30. The van der Waals surface area contributed by atoms with Gasteiger partial charge in [-0.15, -0.1) is 11.3 Å². The van der Waals surface area contributed by atoms with E-state index in [0.29, 0.717) is 11.3 Å². The number of hydrogen-bond acceptors (Lipinski definition) is 4. The molecule has 7 heteroatoms. The molecule has 1 aromatic carbocycles. The zero-order valence-corrected chi connectivity index (χ0v) is 16.8. The van der Waals surface area contributed by atoms with Crippen LogP contribution in [0.5, 0.6) is 0 Å². The number of hydrazine groups is 1. The van der Waals surface area contributed by atoms with Gasteiger partial charge in [-0.3, -0.25) is 20.4 Å². The van der Waals surface area contributed by atoms with Crippen molar-refractivity contribution < 1.29 is 14.5 Å². The Labute approximate surface area is 169 Å². The molecule has 6 nitrogen and oxygen atoms in total. The summed E-state index contributed by atoms with van der Waals surface area (Å²) in [5.41, 5.74) is 7.68. The molecule has 1 aliphatic carbocycles. The number of carbonyl (C=O) groups is 2. The van der Waals surface area contributed by atoms with Crippen molar-refractivity contribution in [3.8, 4) is 0 Å². The monoisotopic (exact) mass is 399 g/mol. The molecule has 2 aromatic rings. The zero-order chi connectivity index (χ0) is 19.3. The number of rotatable bonds is 5. The van der Waals surface area contributed by atoms with Gasteiger partial charge >= 0.3 is 0 Å². The van der Waals surface area contributed by atoms with E-state index < -0.39 is 0 Å². The Balaban J connectivity index is 1.15. The first-order valence-electron chi connectivity index (χ1n) is 10.0. The number of anilines is 1.